The Balaban J connectivity index is 1.85. The molecule has 0 aliphatic carbocycles. The van der Waals surface area contributed by atoms with E-state index in [0.717, 1.165) is 38.1 Å². The lowest BCUT2D eigenvalue weighted by atomic mass is 10.0. The van der Waals surface area contributed by atoms with Gasteiger partial charge in [-0.3, -0.25) is 4.79 Å². The van der Waals surface area contributed by atoms with Gasteiger partial charge < -0.3 is 10.2 Å². The van der Waals surface area contributed by atoms with Crippen molar-refractivity contribution < 1.29 is 18.0 Å². The Morgan fingerprint density at radius 1 is 1.23 bits per heavy atom. The van der Waals surface area contributed by atoms with Crippen LogP contribution in [0.1, 0.15) is 35.9 Å². The van der Waals surface area contributed by atoms with Crippen molar-refractivity contribution in [2.24, 2.45) is 5.92 Å². The van der Waals surface area contributed by atoms with Crippen LogP contribution in [0.2, 0.25) is 0 Å². The second-order valence-corrected chi connectivity index (χ2v) is 6.57. The lowest BCUT2D eigenvalue weighted by molar-refractivity contribution is 0.102. The van der Waals surface area contributed by atoms with Crippen molar-refractivity contribution in [3.05, 3.63) is 47.0 Å². The van der Waals surface area contributed by atoms with E-state index >= 15 is 0 Å². The smallest absolute Gasteiger partial charge is 0.274 e. The van der Waals surface area contributed by atoms with Crippen LogP contribution in [-0.2, 0) is 0 Å². The molecule has 138 valence electrons. The predicted molar refractivity (Wildman–Crippen MR) is 91.6 cm³/mol. The van der Waals surface area contributed by atoms with Crippen molar-refractivity contribution in [2.45, 2.75) is 26.7 Å². The zero-order valence-corrected chi connectivity index (χ0v) is 14.5. The summed E-state index contributed by atoms with van der Waals surface area (Å²) in [6.45, 7) is 5.46. The van der Waals surface area contributed by atoms with E-state index in [1.165, 1.54) is 6.07 Å². The van der Waals surface area contributed by atoms with Crippen LogP contribution in [0.25, 0.3) is 0 Å². The van der Waals surface area contributed by atoms with E-state index in [2.05, 4.69) is 22.2 Å². The van der Waals surface area contributed by atoms with E-state index in [4.69, 9.17) is 0 Å². The number of piperidine rings is 1. The van der Waals surface area contributed by atoms with Crippen molar-refractivity contribution in [1.82, 2.24) is 9.97 Å². The van der Waals surface area contributed by atoms with E-state index in [1.54, 1.807) is 6.92 Å². The maximum atomic E-state index is 13.8. The van der Waals surface area contributed by atoms with E-state index in [-0.39, 0.29) is 5.69 Å². The van der Waals surface area contributed by atoms with E-state index < -0.39 is 29.0 Å². The Hall–Kier alpha value is -2.64. The molecule has 2 heterocycles. The van der Waals surface area contributed by atoms with Gasteiger partial charge in [-0.25, -0.2) is 23.1 Å². The fraction of sp³-hybridized carbons (Fsp3) is 0.389. The fourth-order valence-corrected chi connectivity index (χ4v) is 2.99. The Morgan fingerprint density at radius 2 is 2.00 bits per heavy atom. The zero-order valence-electron chi connectivity index (χ0n) is 14.5. The summed E-state index contributed by atoms with van der Waals surface area (Å²) in [5, 5.41) is 2.23. The van der Waals surface area contributed by atoms with Crippen LogP contribution < -0.4 is 10.2 Å². The molecule has 1 amide bonds. The highest BCUT2D eigenvalue weighted by Crippen LogP contribution is 2.22. The molecule has 1 aromatic carbocycles. The van der Waals surface area contributed by atoms with Crippen LogP contribution in [0.15, 0.2) is 18.2 Å². The van der Waals surface area contributed by atoms with Gasteiger partial charge in [0.25, 0.3) is 5.91 Å². The number of amides is 1. The molecule has 1 unspecified atom stereocenters. The number of hydrogen-bond donors (Lipinski definition) is 1. The molecule has 2 aromatic rings. The molecule has 0 radical (unpaired) electrons. The normalized spacial score (nSPS) is 17.3. The molecule has 8 heteroatoms. The first-order valence-corrected chi connectivity index (χ1v) is 8.40. The summed E-state index contributed by atoms with van der Waals surface area (Å²) in [5.41, 5.74) is 0.178. The van der Waals surface area contributed by atoms with Crippen molar-refractivity contribution in [1.29, 1.82) is 0 Å². The monoisotopic (exact) mass is 364 g/mol. The van der Waals surface area contributed by atoms with Crippen LogP contribution in [0, 0.1) is 30.3 Å². The van der Waals surface area contributed by atoms with Gasteiger partial charge in [0.1, 0.15) is 5.69 Å². The first-order chi connectivity index (χ1) is 12.3. The zero-order chi connectivity index (χ0) is 18.8. The number of nitrogens with zero attached hydrogens (tertiary/aromatic N) is 3. The SMILES string of the molecule is Cc1cc(C(=O)Nc2ccc(F)c(F)c2F)nc(N2CCCC(C)C2)n1. The Kier molecular flexibility index (Phi) is 5.11. The molecular formula is C18H19F3N4O. The third kappa shape index (κ3) is 3.79. The number of rotatable bonds is 3. The van der Waals surface area contributed by atoms with E-state index in [0.29, 0.717) is 17.6 Å². The summed E-state index contributed by atoms with van der Waals surface area (Å²) in [5.74, 6) is -4.18. The molecule has 5 nitrogen and oxygen atoms in total. The maximum Gasteiger partial charge on any atom is 0.274 e. The van der Waals surface area contributed by atoms with Gasteiger partial charge >= 0.3 is 0 Å². The third-order valence-corrected chi connectivity index (χ3v) is 4.30. The number of benzene rings is 1. The third-order valence-electron chi connectivity index (χ3n) is 4.30. The number of aryl methyl sites for hydroxylation is 1. The summed E-state index contributed by atoms with van der Waals surface area (Å²) in [6, 6.07) is 3.18. The molecule has 1 fully saturated rings. The fourth-order valence-electron chi connectivity index (χ4n) is 2.99. The average Bonchev–Trinajstić information content (AvgIpc) is 2.61. The predicted octanol–water partition coefficient (Wildman–Crippen LogP) is 3.69. The molecule has 1 aliphatic heterocycles. The lowest BCUT2D eigenvalue weighted by Gasteiger charge is -2.31. The van der Waals surface area contributed by atoms with Crippen molar-refractivity contribution in [3.63, 3.8) is 0 Å². The standard InChI is InChI=1S/C18H19F3N4O/c1-10-4-3-7-25(9-10)18-22-11(2)8-14(24-18)17(26)23-13-6-5-12(19)15(20)16(13)21/h5-6,8,10H,3-4,7,9H2,1-2H3,(H,23,26). The summed E-state index contributed by atoms with van der Waals surface area (Å²) in [4.78, 5) is 23.1. The van der Waals surface area contributed by atoms with Crippen LogP contribution >= 0.6 is 0 Å². The highest BCUT2D eigenvalue weighted by atomic mass is 19.2. The number of hydrogen-bond acceptors (Lipinski definition) is 4. The van der Waals surface area contributed by atoms with Crippen molar-refractivity contribution >= 4 is 17.5 Å². The van der Waals surface area contributed by atoms with Gasteiger partial charge in [-0.05, 0) is 43.9 Å². The van der Waals surface area contributed by atoms with Crippen molar-refractivity contribution in [2.75, 3.05) is 23.3 Å². The largest absolute Gasteiger partial charge is 0.341 e. The number of halogens is 3. The van der Waals surface area contributed by atoms with Gasteiger partial charge in [0.2, 0.25) is 5.95 Å². The van der Waals surface area contributed by atoms with Gasteiger partial charge in [-0.1, -0.05) is 6.92 Å². The summed E-state index contributed by atoms with van der Waals surface area (Å²) in [6.07, 6.45) is 2.14. The van der Waals surface area contributed by atoms with E-state index in [9.17, 15) is 18.0 Å². The van der Waals surface area contributed by atoms with Crippen LogP contribution in [0.4, 0.5) is 24.8 Å². The van der Waals surface area contributed by atoms with Gasteiger partial charge in [-0.2, -0.15) is 0 Å². The molecule has 1 N–H and O–H groups in total. The number of nitrogens with one attached hydrogen (secondary N) is 1. The van der Waals surface area contributed by atoms with Crippen LogP contribution in [-0.4, -0.2) is 29.0 Å². The minimum atomic E-state index is -1.63. The van der Waals surface area contributed by atoms with Crippen LogP contribution in [0.5, 0.6) is 0 Å². The minimum Gasteiger partial charge on any atom is -0.341 e. The lowest BCUT2D eigenvalue weighted by Crippen LogP contribution is -2.36. The molecule has 0 saturated carbocycles. The molecular weight excluding hydrogens is 345 g/mol. The molecule has 1 aliphatic rings. The number of aromatic nitrogens is 2. The topological polar surface area (TPSA) is 58.1 Å². The van der Waals surface area contributed by atoms with Crippen molar-refractivity contribution in [3.8, 4) is 0 Å². The quantitative estimate of drug-likeness (QED) is 0.844. The number of carbonyl (C=O) groups is 1. The first-order valence-electron chi connectivity index (χ1n) is 8.40. The highest BCUT2D eigenvalue weighted by Gasteiger charge is 2.21. The number of anilines is 2. The second-order valence-electron chi connectivity index (χ2n) is 6.57. The van der Waals surface area contributed by atoms with Gasteiger partial charge in [-0.15, -0.1) is 0 Å². The summed E-state index contributed by atoms with van der Waals surface area (Å²) in [7, 11) is 0. The Bertz CT molecular complexity index is 843. The van der Waals surface area contributed by atoms with Gasteiger partial charge in [0.05, 0.1) is 5.69 Å². The molecule has 0 spiro atoms. The molecule has 1 saturated heterocycles. The second kappa shape index (κ2) is 7.31. The highest BCUT2D eigenvalue weighted by molar-refractivity contribution is 6.03. The first kappa shape index (κ1) is 18.2. The summed E-state index contributed by atoms with van der Waals surface area (Å²) >= 11 is 0. The van der Waals surface area contributed by atoms with E-state index in [1.807, 2.05) is 4.90 Å². The average molecular weight is 364 g/mol. The Morgan fingerprint density at radius 3 is 2.73 bits per heavy atom. The molecule has 1 atom stereocenters. The molecule has 1 aromatic heterocycles. The molecule has 0 bridgehead atoms. The summed E-state index contributed by atoms with van der Waals surface area (Å²) < 4.78 is 40.1. The van der Waals surface area contributed by atoms with Crippen LogP contribution in [0.3, 0.4) is 0 Å². The number of carbonyl (C=O) groups excluding carboxylic acids is 1. The Labute approximate surface area is 149 Å². The molecule has 3 rings (SSSR count). The van der Waals surface area contributed by atoms with Gasteiger partial charge in [0, 0.05) is 18.8 Å². The maximum absolute atomic E-state index is 13.8. The minimum absolute atomic E-state index is 0.0369. The van der Waals surface area contributed by atoms with Gasteiger partial charge in [0.15, 0.2) is 17.5 Å². The molecule has 26 heavy (non-hydrogen) atoms.